The van der Waals surface area contributed by atoms with E-state index >= 15 is 0 Å². The Labute approximate surface area is 110 Å². The van der Waals surface area contributed by atoms with Crippen LogP contribution in [0.2, 0.25) is 0 Å². The van der Waals surface area contributed by atoms with E-state index in [4.69, 9.17) is 5.73 Å². The number of hydrogen-bond acceptors (Lipinski definition) is 3. The maximum Gasteiger partial charge on any atom is 0.244 e. The van der Waals surface area contributed by atoms with Crippen molar-refractivity contribution in [3.8, 4) is 0 Å². The Balaban J connectivity index is 4.34. The number of carbonyl (C=O) groups excluding carboxylic acids is 2. The molecule has 5 nitrogen and oxygen atoms in total. The van der Waals surface area contributed by atoms with Crippen molar-refractivity contribution in [1.82, 2.24) is 10.2 Å². The molecule has 0 spiro atoms. The predicted molar refractivity (Wildman–Crippen MR) is 73.0 cm³/mol. The lowest BCUT2D eigenvalue weighted by molar-refractivity contribution is -0.136. The Morgan fingerprint density at radius 3 is 2.06 bits per heavy atom. The van der Waals surface area contributed by atoms with E-state index in [9.17, 15) is 9.59 Å². The molecular formula is C13H27N3O2. The zero-order valence-corrected chi connectivity index (χ0v) is 12.2. The molecule has 0 saturated heterocycles. The fourth-order valence-electron chi connectivity index (χ4n) is 1.81. The van der Waals surface area contributed by atoms with Crippen molar-refractivity contribution in [2.45, 2.75) is 53.1 Å². The van der Waals surface area contributed by atoms with Crippen LogP contribution in [0.5, 0.6) is 0 Å². The van der Waals surface area contributed by atoms with E-state index in [1.54, 1.807) is 11.8 Å². The molecule has 0 aromatic rings. The summed E-state index contributed by atoms with van der Waals surface area (Å²) in [5.41, 5.74) is 5.77. The van der Waals surface area contributed by atoms with Gasteiger partial charge in [-0.2, -0.15) is 0 Å². The first-order chi connectivity index (χ1) is 8.33. The Kier molecular flexibility index (Phi) is 7.59. The monoisotopic (exact) mass is 257 g/mol. The molecule has 0 heterocycles. The Morgan fingerprint density at radius 2 is 1.67 bits per heavy atom. The molecule has 0 aromatic heterocycles. The Bertz CT molecular complexity index is 275. The molecule has 106 valence electrons. The molecule has 18 heavy (non-hydrogen) atoms. The lowest BCUT2D eigenvalue weighted by atomic mass is 10.0. The first-order valence-corrected chi connectivity index (χ1v) is 6.68. The van der Waals surface area contributed by atoms with E-state index < -0.39 is 12.1 Å². The average molecular weight is 257 g/mol. The highest BCUT2D eigenvalue weighted by Crippen LogP contribution is 2.03. The number of carbonyl (C=O) groups is 2. The van der Waals surface area contributed by atoms with Crippen LogP contribution in [0.4, 0.5) is 0 Å². The number of hydrogen-bond donors (Lipinski definition) is 2. The van der Waals surface area contributed by atoms with Crippen LogP contribution in [0.1, 0.15) is 41.0 Å². The van der Waals surface area contributed by atoms with Gasteiger partial charge in [0.15, 0.2) is 0 Å². The van der Waals surface area contributed by atoms with Gasteiger partial charge in [-0.05, 0) is 33.1 Å². The van der Waals surface area contributed by atoms with Crippen molar-refractivity contribution < 1.29 is 9.59 Å². The molecule has 0 saturated carbocycles. The molecule has 0 radical (unpaired) electrons. The molecule has 1 unspecified atom stereocenters. The van der Waals surface area contributed by atoms with Crippen LogP contribution in [0.3, 0.4) is 0 Å². The smallest absolute Gasteiger partial charge is 0.244 e. The van der Waals surface area contributed by atoms with Crippen LogP contribution >= 0.6 is 0 Å². The van der Waals surface area contributed by atoms with E-state index in [2.05, 4.69) is 5.32 Å². The summed E-state index contributed by atoms with van der Waals surface area (Å²) >= 11 is 0. The third-order valence-corrected chi connectivity index (χ3v) is 2.87. The lowest BCUT2D eigenvalue weighted by Crippen LogP contribution is -2.51. The quantitative estimate of drug-likeness (QED) is 0.706. The summed E-state index contributed by atoms with van der Waals surface area (Å²) in [6.45, 7) is 10.8. The topological polar surface area (TPSA) is 75.4 Å². The van der Waals surface area contributed by atoms with Gasteiger partial charge in [-0.25, -0.2) is 0 Å². The second kappa shape index (κ2) is 8.08. The van der Waals surface area contributed by atoms with Gasteiger partial charge in [0.1, 0.15) is 6.04 Å². The van der Waals surface area contributed by atoms with E-state index in [0.29, 0.717) is 25.4 Å². The van der Waals surface area contributed by atoms with Crippen molar-refractivity contribution in [2.75, 3.05) is 13.1 Å². The number of likely N-dealkylation sites (N-methyl/N-ethyl adjacent to an activating group) is 1. The molecule has 0 aromatic carbocycles. The summed E-state index contributed by atoms with van der Waals surface area (Å²) in [4.78, 5) is 25.4. The van der Waals surface area contributed by atoms with Crippen molar-refractivity contribution in [1.29, 1.82) is 0 Å². The van der Waals surface area contributed by atoms with Crippen LogP contribution in [0.15, 0.2) is 0 Å². The van der Waals surface area contributed by atoms with Gasteiger partial charge in [0.05, 0.1) is 6.04 Å². The molecule has 2 amide bonds. The number of amides is 2. The van der Waals surface area contributed by atoms with E-state index in [0.717, 1.165) is 0 Å². The van der Waals surface area contributed by atoms with E-state index in [1.807, 2.05) is 27.7 Å². The van der Waals surface area contributed by atoms with Gasteiger partial charge in [-0.15, -0.1) is 0 Å². The van der Waals surface area contributed by atoms with Gasteiger partial charge in [-0.1, -0.05) is 13.8 Å². The molecule has 0 aliphatic carbocycles. The van der Waals surface area contributed by atoms with Crippen molar-refractivity contribution in [2.24, 2.45) is 11.7 Å². The third-order valence-electron chi connectivity index (χ3n) is 2.87. The highest BCUT2D eigenvalue weighted by atomic mass is 16.2. The van der Waals surface area contributed by atoms with Gasteiger partial charge < -0.3 is 16.0 Å². The Hall–Kier alpha value is -1.10. The van der Waals surface area contributed by atoms with Gasteiger partial charge in [0.2, 0.25) is 11.8 Å². The van der Waals surface area contributed by atoms with Gasteiger partial charge >= 0.3 is 0 Å². The summed E-state index contributed by atoms with van der Waals surface area (Å²) < 4.78 is 0. The minimum Gasteiger partial charge on any atom is -0.343 e. The second-order valence-electron chi connectivity index (χ2n) is 4.98. The molecule has 5 heteroatoms. The maximum atomic E-state index is 12.0. The Morgan fingerprint density at radius 1 is 1.17 bits per heavy atom. The van der Waals surface area contributed by atoms with Crippen LogP contribution in [-0.4, -0.2) is 41.9 Å². The highest BCUT2D eigenvalue weighted by Gasteiger charge is 2.23. The molecule has 0 bridgehead atoms. The summed E-state index contributed by atoms with van der Waals surface area (Å²) in [7, 11) is 0. The molecule has 0 fully saturated rings. The molecular weight excluding hydrogens is 230 g/mol. The number of nitrogens with one attached hydrogen (secondary N) is 1. The summed E-state index contributed by atoms with van der Waals surface area (Å²) in [6, 6.07) is -1.06. The van der Waals surface area contributed by atoms with Crippen LogP contribution in [0, 0.1) is 5.92 Å². The first-order valence-electron chi connectivity index (χ1n) is 6.68. The fraction of sp³-hybridized carbons (Fsp3) is 0.846. The largest absolute Gasteiger partial charge is 0.343 e. The zero-order chi connectivity index (χ0) is 14.3. The fourth-order valence-corrected chi connectivity index (χ4v) is 1.81. The first kappa shape index (κ1) is 16.9. The van der Waals surface area contributed by atoms with Crippen LogP contribution < -0.4 is 11.1 Å². The lowest BCUT2D eigenvalue weighted by Gasteiger charge is -2.24. The predicted octanol–water partition coefficient (Wildman–Crippen LogP) is 0.733. The molecule has 0 rings (SSSR count). The third kappa shape index (κ3) is 5.49. The van der Waals surface area contributed by atoms with E-state index in [1.165, 1.54) is 0 Å². The molecule has 3 N–H and O–H groups in total. The second-order valence-corrected chi connectivity index (χ2v) is 4.98. The van der Waals surface area contributed by atoms with E-state index in [-0.39, 0.29) is 11.8 Å². The molecule has 0 aliphatic rings. The van der Waals surface area contributed by atoms with Gasteiger partial charge in [-0.3, -0.25) is 9.59 Å². The van der Waals surface area contributed by atoms with Crippen molar-refractivity contribution in [3.05, 3.63) is 0 Å². The zero-order valence-electron chi connectivity index (χ0n) is 12.2. The summed E-state index contributed by atoms with van der Waals surface area (Å²) in [5.74, 6) is 0.0429. The minimum absolute atomic E-state index is 0.0647. The van der Waals surface area contributed by atoms with Crippen molar-refractivity contribution in [3.63, 3.8) is 0 Å². The SMILES string of the molecule is CCN(CC)C(=O)C(C)NC(=O)[C@@H](N)CC(C)C. The van der Waals surface area contributed by atoms with Gasteiger partial charge in [0.25, 0.3) is 0 Å². The standard InChI is InChI=1S/C13H27N3O2/c1-6-16(7-2)13(18)10(5)15-12(17)11(14)8-9(3)4/h9-11H,6-8,14H2,1-5H3,(H,15,17)/t10?,11-/m0/s1. The number of rotatable bonds is 7. The molecule has 0 aliphatic heterocycles. The minimum atomic E-state index is -0.544. The van der Waals surface area contributed by atoms with Crippen molar-refractivity contribution >= 4 is 11.8 Å². The molecule has 2 atom stereocenters. The van der Waals surface area contributed by atoms with Gasteiger partial charge in [0, 0.05) is 13.1 Å². The summed E-state index contributed by atoms with van der Waals surface area (Å²) in [6.07, 6.45) is 0.623. The number of nitrogens with zero attached hydrogens (tertiary/aromatic N) is 1. The average Bonchev–Trinajstić information content (AvgIpc) is 2.29. The normalized spacial score (nSPS) is 14.2. The van der Waals surface area contributed by atoms with Crippen LogP contribution in [-0.2, 0) is 9.59 Å². The number of nitrogens with two attached hydrogens (primary N) is 1. The highest BCUT2D eigenvalue weighted by molar-refractivity contribution is 5.89. The van der Waals surface area contributed by atoms with Crippen LogP contribution in [0.25, 0.3) is 0 Å². The maximum absolute atomic E-state index is 12.0. The summed E-state index contributed by atoms with van der Waals surface area (Å²) in [5, 5.41) is 2.68.